The van der Waals surface area contributed by atoms with E-state index in [2.05, 4.69) is 10.3 Å². The fourth-order valence-electron chi connectivity index (χ4n) is 3.56. The maximum atomic E-state index is 13.0. The van der Waals surface area contributed by atoms with Gasteiger partial charge in [0.15, 0.2) is 0 Å². The minimum Gasteiger partial charge on any atom is -0.457 e. The third-order valence-electron chi connectivity index (χ3n) is 4.85. The Balaban J connectivity index is 1.62. The van der Waals surface area contributed by atoms with Crippen molar-refractivity contribution in [2.75, 3.05) is 10.2 Å². The number of pyridine rings is 1. The van der Waals surface area contributed by atoms with E-state index in [1.807, 2.05) is 43.3 Å². The van der Waals surface area contributed by atoms with E-state index in [-0.39, 0.29) is 6.03 Å². The average Bonchev–Trinajstić information content (AvgIpc) is 3.11. The highest BCUT2D eigenvalue weighted by Crippen LogP contribution is 2.47. The number of benzene rings is 2. The maximum absolute atomic E-state index is 13.0. The summed E-state index contributed by atoms with van der Waals surface area (Å²) in [5, 5.41) is 3.59. The van der Waals surface area contributed by atoms with Gasteiger partial charge < -0.3 is 15.8 Å². The summed E-state index contributed by atoms with van der Waals surface area (Å²) in [7, 11) is 0. The Morgan fingerprint density at radius 1 is 1.13 bits per heavy atom. The van der Waals surface area contributed by atoms with Gasteiger partial charge in [-0.1, -0.05) is 18.2 Å². The van der Waals surface area contributed by atoms with E-state index in [1.54, 1.807) is 24.4 Å². The van der Waals surface area contributed by atoms with E-state index in [1.165, 1.54) is 16.2 Å². The van der Waals surface area contributed by atoms with E-state index in [9.17, 15) is 9.59 Å². The first-order chi connectivity index (χ1) is 14.5. The summed E-state index contributed by atoms with van der Waals surface area (Å²) in [6.07, 6.45) is 1.60. The molecular formula is C22H16N4O3S. The van der Waals surface area contributed by atoms with E-state index in [0.29, 0.717) is 37.9 Å². The van der Waals surface area contributed by atoms with Crippen molar-refractivity contribution in [3.63, 3.8) is 0 Å². The molecule has 3 N–H and O–H groups in total. The Hall–Kier alpha value is -3.91. The molecule has 0 radical (unpaired) electrons. The Kier molecular flexibility index (Phi) is 4.14. The van der Waals surface area contributed by atoms with Crippen molar-refractivity contribution in [1.82, 2.24) is 4.98 Å². The van der Waals surface area contributed by atoms with E-state index in [4.69, 9.17) is 10.5 Å². The zero-order valence-corrected chi connectivity index (χ0v) is 16.7. The van der Waals surface area contributed by atoms with Gasteiger partial charge in [0.1, 0.15) is 21.2 Å². The molecule has 3 amide bonds. The van der Waals surface area contributed by atoms with E-state index in [0.717, 1.165) is 11.3 Å². The number of rotatable bonds is 4. The highest BCUT2D eigenvalue weighted by atomic mass is 32.1. The number of aromatic nitrogens is 1. The minimum atomic E-state index is -0.597. The number of amides is 3. The third-order valence-corrected chi connectivity index (χ3v) is 5.95. The number of urea groups is 1. The number of aryl methyl sites for hydroxylation is 1. The van der Waals surface area contributed by atoms with Gasteiger partial charge in [-0.3, -0.25) is 9.69 Å². The minimum absolute atomic E-state index is 0.295. The molecule has 2 aromatic carbocycles. The number of hydrogen-bond acceptors (Lipinski definition) is 5. The van der Waals surface area contributed by atoms with Crippen molar-refractivity contribution < 1.29 is 14.3 Å². The van der Waals surface area contributed by atoms with Gasteiger partial charge in [-0.05, 0) is 48.9 Å². The SMILES string of the molecule is Cc1cc(Oc2ccccc2)ccc1N1C(=O)Nc2ccnc3sc(C(N)=O)c1c23. The Morgan fingerprint density at radius 3 is 2.67 bits per heavy atom. The molecule has 0 saturated carbocycles. The molecule has 0 unspecified atom stereocenters. The van der Waals surface area contributed by atoms with Gasteiger partial charge in [0.2, 0.25) is 0 Å². The Morgan fingerprint density at radius 2 is 1.93 bits per heavy atom. The summed E-state index contributed by atoms with van der Waals surface area (Å²) in [5.74, 6) is 0.767. The number of thiophene rings is 1. The molecule has 4 aromatic rings. The van der Waals surface area contributed by atoms with Crippen molar-refractivity contribution >= 4 is 50.6 Å². The molecule has 30 heavy (non-hydrogen) atoms. The second-order valence-corrected chi connectivity index (χ2v) is 7.81. The van der Waals surface area contributed by atoms with E-state index >= 15 is 0 Å². The predicted molar refractivity (Wildman–Crippen MR) is 117 cm³/mol. The van der Waals surface area contributed by atoms with Crippen molar-refractivity contribution in [3.05, 3.63) is 71.2 Å². The van der Waals surface area contributed by atoms with Crippen molar-refractivity contribution in [1.29, 1.82) is 0 Å². The summed E-state index contributed by atoms with van der Waals surface area (Å²) >= 11 is 1.18. The first-order valence-corrected chi connectivity index (χ1v) is 10.0. The molecule has 3 heterocycles. The topological polar surface area (TPSA) is 97.6 Å². The van der Waals surface area contributed by atoms with Crippen LogP contribution in [-0.4, -0.2) is 16.9 Å². The number of hydrogen-bond donors (Lipinski definition) is 2. The van der Waals surface area contributed by atoms with Crippen LogP contribution >= 0.6 is 11.3 Å². The molecule has 7 nitrogen and oxygen atoms in total. The van der Waals surface area contributed by atoms with Crippen LogP contribution in [0.4, 0.5) is 21.9 Å². The van der Waals surface area contributed by atoms with Crippen LogP contribution in [0, 0.1) is 6.92 Å². The van der Waals surface area contributed by atoms with Crippen molar-refractivity contribution in [3.8, 4) is 11.5 Å². The summed E-state index contributed by atoms with van der Waals surface area (Å²) in [6.45, 7) is 1.88. The van der Waals surface area contributed by atoms with Crippen LogP contribution in [0.3, 0.4) is 0 Å². The van der Waals surface area contributed by atoms with Crippen LogP contribution in [-0.2, 0) is 0 Å². The fraction of sp³-hybridized carbons (Fsp3) is 0.0455. The monoisotopic (exact) mass is 416 g/mol. The van der Waals surface area contributed by atoms with Crippen molar-refractivity contribution in [2.45, 2.75) is 6.92 Å². The zero-order chi connectivity index (χ0) is 20.8. The summed E-state index contributed by atoms with van der Waals surface area (Å²) < 4.78 is 5.89. The van der Waals surface area contributed by atoms with Gasteiger partial charge in [-0.15, -0.1) is 11.3 Å². The quantitative estimate of drug-likeness (QED) is 0.479. The Labute approximate surface area is 175 Å². The molecule has 148 valence electrons. The summed E-state index contributed by atoms with van der Waals surface area (Å²) in [5.41, 5.74) is 8.14. The van der Waals surface area contributed by atoms with Crippen LogP contribution in [0.2, 0.25) is 0 Å². The molecular weight excluding hydrogens is 400 g/mol. The lowest BCUT2D eigenvalue weighted by Gasteiger charge is -2.29. The van der Waals surface area contributed by atoms with Crippen molar-refractivity contribution in [2.24, 2.45) is 5.73 Å². The summed E-state index contributed by atoms with van der Waals surface area (Å²) in [6, 6.07) is 16.2. The lowest BCUT2D eigenvalue weighted by atomic mass is 10.1. The molecule has 0 fully saturated rings. The first kappa shape index (κ1) is 18.1. The highest BCUT2D eigenvalue weighted by Gasteiger charge is 2.34. The number of anilines is 3. The number of ether oxygens (including phenoxy) is 1. The van der Waals surface area contributed by atoms with Crippen LogP contribution in [0.1, 0.15) is 15.2 Å². The average molecular weight is 416 g/mol. The molecule has 0 bridgehead atoms. The summed E-state index contributed by atoms with van der Waals surface area (Å²) in [4.78, 5) is 31.9. The molecule has 1 aliphatic heterocycles. The maximum Gasteiger partial charge on any atom is 0.331 e. The number of nitrogens with one attached hydrogen (secondary N) is 1. The molecule has 8 heteroatoms. The second kappa shape index (κ2) is 6.85. The van der Waals surface area contributed by atoms with Gasteiger partial charge in [0.05, 0.1) is 22.4 Å². The molecule has 0 atom stereocenters. The first-order valence-electron chi connectivity index (χ1n) is 9.19. The van der Waals surface area contributed by atoms with Gasteiger partial charge in [-0.2, -0.15) is 0 Å². The highest BCUT2D eigenvalue weighted by molar-refractivity contribution is 7.21. The Bertz CT molecular complexity index is 1320. The molecule has 0 saturated heterocycles. The number of carbonyl (C=O) groups excluding carboxylic acids is 2. The third kappa shape index (κ3) is 2.85. The van der Waals surface area contributed by atoms with Crippen LogP contribution in [0.5, 0.6) is 11.5 Å². The lowest BCUT2D eigenvalue weighted by Crippen LogP contribution is -2.35. The largest absolute Gasteiger partial charge is 0.457 e. The lowest BCUT2D eigenvalue weighted by molar-refractivity contribution is 0.100. The molecule has 0 spiro atoms. The normalized spacial score (nSPS) is 12.7. The van der Waals surface area contributed by atoms with Crippen LogP contribution < -0.4 is 20.7 Å². The van der Waals surface area contributed by atoms with Gasteiger partial charge in [0, 0.05) is 6.20 Å². The molecule has 2 aromatic heterocycles. The number of nitrogens with zero attached hydrogens (tertiary/aromatic N) is 2. The second-order valence-electron chi connectivity index (χ2n) is 6.81. The molecule has 1 aliphatic rings. The fourth-order valence-corrected chi connectivity index (χ4v) is 4.57. The number of primary amides is 1. The predicted octanol–water partition coefficient (Wildman–Crippen LogP) is 5.18. The van der Waals surface area contributed by atoms with Gasteiger partial charge in [0.25, 0.3) is 5.91 Å². The van der Waals surface area contributed by atoms with E-state index < -0.39 is 5.91 Å². The van der Waals surface area contributed by atoms with Crippen LogP contribution in [0.25, 0.3) is 10.2 Å². The smallest absolute Gasteiger partial charge is 0.331 e. The standard InChI is InChI=1S/C22H16N4O3S/c1-12-11-14(29-13-5-3-2-4-6-13)7-8-16(12)26-18-17-15(25-22(26)28)9-10-24-21(17)30-19(18)20(23)27/h2-11H,1H3,(H2,23,27)(H,25,28). The molecule has 0 aliphatic carbocycles. The van der Waals surface area contributed by atoms with Gasteiger partial charge >= 0.3 is 6.03 Å². The molecule has 5 rings (SSSR count). The number of nitrogens with two attached hydrogens (primary N) is 1. The number of carbonyl (C=O) groups is 2. The van der Waals surface area contributed by atoms with Gasteiger partial charge in [-0.25, -0.2) is 9.78 Å². The zero-order valence-electron chi connectivity index (χ0n) is 15.9. The van der Waals surface area contributed by atoms with Crippen LogP contribution in [0.15, 0.2) is 60.8 Å². The number of para-hydroxylation sites is 1.